The van der Waals surface area contributed by atoms with Crippen molar-refractivity contribution in [2.24, 2.45) is 16.8 Å². The van der Waals surface area contributed by atoms with Crippen molar-refractivity contribution in [1.29, 1.82) is 0 Å². The number of carbonyl (C=O) groups is 1. The summed E-state index contributed by atoms with van der Waals surface area (Å²) in [5, 5.41) is 3.07. The maximum absolute atomic E-state index is 12.8. The van der Waals surface area contributed by atoms with Crippen LogP contribution in [0.1, 0.15) is 25.5 Å². The lowest BCUT2D eigenvalue weighted by Crippen LogP contribution is -2.50. The molecule has 0 radical (unpaired) electrons. The van der Waals surface area contributed by atoms with Crippen LogP contribution in [0.4, 0.5) is 4.79 Å². The van der Waals surface area contributed by atoms with E-state index in [0.717, 1.165) is 68.8 Å². The molecule has 0 saturated carbocycles. The first-order valence-corrected chi connectivity index (χ1v) is 11.0. The van der Waals surface area contributed by atoms with Crippen LogP contribution in [0.2, 0.25) is 0 Å². The average molecular weight is 427 g/mol. The highest BCUT2D eigenvalue weighted by Crippen LogP contribution is 2.30. The molecule has 0 bridgehead atoms. The SMILES string of the molecule is COc1ccnc(CN2CC(C)C(C3=NC4=CN(C5CCOCC5)CN4C(=O)N3)C2)c1. The Bertz CT molecular complexity index is 897. The standard InChI is InChI=1S/C22H30N6O3/c1-15-10-26(11-16-9-18(30-2)3-6-23-16)12-19(15)21-24-20-13-27(14-28(20)22(29)25-21)17-4-7-31-8-5-17/h3,6,9,13,15,17,19H,4-5,7-8,10-12,14H2,1-2H3,(H,24,25,29). The molecule has 9 heteroatoms. The number of nitrogens with one attached hydrogen (secondary N) is 1. The summed E-state index contributed by atoms with van der Waals surface area (Å²) in [6.45, 7) is 6.89. The van der Waals surface area contributed by atoms with Crippen molar-refractivity contribution < 1.29 is 14.3 Å². The molecule has 4 aliphatic heterocycles. The van der Waals surface area contributed by atoms with Gasteiger partial charge in [0.25, 0.3) is 0 Å². The minimum absolute atomic E-state index is 0.0779. The number of urea groups is 1. The van der Waals surface area contributed by atoms with Crippen LogP contribution in [-0.4, -0.2) is 77.7 Å². The molecule has 0 aromatic carbocycles. The Balaban J connectivity index is 1.28. The number of carbonyl (C=O) groups excluding carboxylic acids is 1. The van der Waals surface area contributed by atoms with Crippen molar-refractivity contribution in [2.75, 3.05) is 40.1 Å². The predicted octanol–water partition coefficient (Wildman–Crippen LogP) is 1.83. The molecule has 2 atom stereocenters. The highest BCUT2D eigenvalue weighted by Gasteiger charge is 2.40. The van der Waals surface area contributed by atoms with Gasteiger partial charge < -0.3 is 14.4 Å². The topological polar surface area (TPSA) is 82.5 Å². The van der Waals surface area contributed by atoms with E-state index >= 15 is 0 Å². The van der Waals surface area contributed by atoms with E-state index in [9.17, 15) is 4.79 Å². The van der Waals surface area contributed by atoms with Gasteiger partial charge in [-0.2, -0.15) is 0 Å². The van der Waals surface area contributed by atoms with Crippen molar-refractivity contribution in [3.8, 4) is 5.75 Å². The van der Waals surface area contributed by atoms with Gasteiger partial charge in [0.05, 0.1) is 12.8 Å². The molecule has 1 N–H and O–H groups in total. The lowest BCUT2D eigenvalue weighted by atomic mass is 9.96. The van der Waals surface area contributed by atoms with Gasteiger partial charge in [-0.3, -0.25) is 20.1 Å². The average Bonchev–Trinajstić information content (AvgIpc) is 3.38. The number of amidine groups is 1. The van der Waals surface area contributed by atoms with Crippen molar-refractivity contribution in [3.05, 3.63) is 36.0 Å². The van der Waals surface area contributed by atoms with Crippen LogP contribution in [0.15, 0.2) is 35.3 Å². The normalized spacial score (nSPS) is 27.1. The minimum atomic E-state index is -0.0779. The Kier molecular flexibility index (Phi) is 5.54. The molecule has 0 spiro atoms. The number of likely N-dealkylation sites (tertiary alicyclic amines) is 1. The van der Waals surface area contributed by atoms with Gasteiger partial charge in [-0.1, -0.05) is 6.92 Å². The van der Waals surface area contributed by atoms with Crippen LogP contribution in [-0.2, 0) is 11.3 Å². The first-order valence-electron chi connectivity index (χ1n) is 11.0. The Morgan fingerprint density at radius 1 is 1.29 bits per heavy atom. The van der Waals surface area contributed by atoms with E-state index in [-0.39, 0.29) is 11.9 Å². The third-order valence-electron chi connectivity index (χ3n) is 6.69. The van der Waals surface area contributed by atoms with Crippen LogP contribution in [0.25, 0.3) is 0 Å². The molecule has 2 saturated heterocycles. The van der Waals surface area contributed by atoms with Crippen molar-refractivity contribution >= 4 is 11.9 Å². The van der Waals surface area contributed by atoms with Gasteiger partial charge >= 0.3 is 6.03 Å². The van der Waals surface area contributed by atoms with Gasteiger partial charge in [-0.05, 0) is 24.8 Å². The second-order valence-electron chi connectivity index (χ2n) is 8.81. The molecule has 4 aliphatic rings. The number of hydrogen-bond acceptors (Lipinski definition) is 7. The molecule has 31 heavy (non-hydrogen) atoms. The molecule has 1 aromatic rings. The molecule has 2 fully saturated rings. The monoisotopic (exact) mass is 426 g/mol. The molecule has 5 heterocycles. The molecular weight excluding hydrogens is 396 g/mol. The minimum Gasteiger partial charge on any atom is -0.497 e. The Hall–Kier alpha value is -2.65. The third kappa shape index (κ3) is 4.12. The predicted molar refractivity (Wildman–Crippen MR) is 115 cm³/mol. The second-order valence-corrected chi connectivity index (χ2v) is 8.81. The highest BCUT2D eigenvalue weighted by atomic mass is 16.5. The zero-order chi connectivity index (χ0) is 21.4. The number of fused-ring (bicyclic) bond motifs is 1. The maximum atomic E-state index is 12.8. The number of methoxy groups -OCH3 is 1. The van der Waals surface area contributed by atoms with Crippen molar-refractivity contribution in [2.45, 2.75) is 32.4 Å². The number of rotatable bonds is 5. The van der Waals surface area contributed by atoms with E-state index in [1.165, 1.54) is 0 Å². The number of pyridine rings is 1. The van der Waals surface area contributed by atoms with E-state index < -0.39 is 0 Å². The fourth-order valence-electron chi connectivity index (χ4n) is 4.94. The molecule has 9 nitrogen and oxygen atoms in total. The lowest BCUT2D eigenvalue weighted by Gasteiger charge is -2.32. The first-order chi connectivity index (χ1) is 15.1. The maximum Gasteiger partial charge on any atom is 0.329 e. The molecule has 1 aromatic heterocycles. The van der Waals surface area contributed by atoms with Gasteiger partial charge in [0.2, 0.25) is 0 Å². The molecule has 0 aliphatic carbocycles. The fraction of sp³-hybridized carbons (Fsp3) is 0.591. The molecule has 5 rings (SSSR count). The van der Waals surface area contributed by atoms with E-state index in [4.69, 9.17) is 14.5 Å². The number of ether oxygens (including phenoxy) is 2. The van der Waals surface area contributed by atoms with Gasteiger partial charge in [-0.15, -0.1) is 0 Å². The van der Waals surface area contributed by atoms with Crippen LogP contribution >= 0.6 is 0 Å². The Morgan fingerprint density at radius 3 is 2.94 bits per heavy atom. The highest BCUT2D eigenvalue weighted by molar-refractivity contribution is 6.02. The van der Waals surface area contributed by atoms with Gasteiger partial charge in [0.1, 0.15) is 18.3 Å². The summed E-state index contributed by atoms with van der Waals surface area (Å²) in [6, 6.07) is 4.17. The van der Waals surface area contributed by atoms with E-state index in [0.29, 0.717) is 18.6 Å². The number of nitrogens with zero attached hydrogens (tertiary/aromatic N) is 5. The second kappa shape index (κ2) is 8.47. The van der Waals surface area contributed by atoms with Crippen LogP contribution in [0, 0.1) is 11.8 Å². The van der Waals surface area contributed by atoms with Crippen LogP contribution in [0.5, 0.6) is 5.75 Å². The molecule has 166 valence electrons. The zero-order valence-corrected chi connectivity index (χ0v) is 18.2. The summed E-state index contributed by atoms with van der Waals surface area (Å²) in [5.74, 6) is 2.94. The third-order valence-corrected chi connectivity index (χ3v) is 6.69. The van der Waals surface area contributed by atoms with E-state index in [1.807, 2.05) is 18.3 Å². The zero-order valence-electron chi connectivity index (χ0n) is 18.2. The van der Waals surface area contributed by atoms with E-state index in [2.05, 4.69) is 27.0 Å². The Labute approximate surface area is 182 Å². The van der Waals surface area contributed by atoms with Crippen LogP contribution < -0.4 is 10.1 Å². The van der Waals surface area contributed by atoms with Gasteiger partial charge in [0, 0.05) is 63.3 Å². The summed E-state index contributed by atoms with van der Waals surface area (Å²) in [4.78, 5) is 28.5. The largest absolute Gasteiger partial charge is 0.497 e. The van der Waals surface area contributed by atoms with Crippen LogP contribution in [0.3, 0.4) is 0 Å². The number of aliphatic imine (C=N–C) groups is 1. The molecule has 2 amide bonds. The smallest absolute Gasteiger partial charge is 0.329 e. The molecular formula is C22H30N6O3. The van der Waals surface area contributed by atoms with Crippen molar-refractivity contribution in [3.63, 3.8) is 0 Å². The fourth-order valence-corrected chi connectivity index (χ4v) is 4.94. The first kappa shape index (κ1) is 20.3. The number of hydrogen-bond donors (Lipinski definition) is 1. The quantitative estimate of drug-likeness (QED) is 0.774. The van der Waals surface area contributed by atoms with Crippen molar-refractivity contribution in [1.82, 2.24) is 25.0 Å². The van der Waals surface area contributed by atoms with Gasteiger partial charge in [-0.25, -0.2) is 9.79 Å². The molecule has 2 unspecified atom stereocenters. The van der Waals surface area contributed by atoms with Gasteiger partial charge in [0.15, 0.2) is 5.82 Å². The lowest BCUT2D eigenvalue weighted by molar-refractivity contribution is 0.0459. The number of aromatic nitrogens is 1. The summed E-state index contributed by atoms with van der Waals surface area (Å²) in [7, 11) is 1.67. The summed E-state index contributed by atoms with van der Waals surface area (Å²) in [5.41, 5.74) is 0.985. The van der Waals surface area contributed by atoms with E-state index in [1.54, 1.807) is 18.2 Å². The summed E-state index contributed by atoms with van der Waals surface area (Å²) < 4.78 is 10.8. The number of amides is 2. The Morgan fingerprint density at radius 2 is 2.13 bits per heavy atom. The summed E-state index contributed by atoms with van der Waals surface area (Å²) >= 11 is 0. The summed E-state index contributed by atoms with van der Waals surface area (Å²) in [6.07, 6.45) is 5.81.